The van der Waals surface area contributed by atoms with Crippen LogP contribution in [0.4, 0.5) is 5.69 Å². The van der Waals surface area contributed by atoms with Gasteiger partial charge in [0.25, 0.3) is 0 Å². The Hall–Kier alpha value is -2.58. The first kappa shape index (κ1) is 16.9. The molecule has 1 atom stereocenters. The van der Waals surface area contributed by atoms with Crippen molar-refractivity contribution >= 4 is 23.0 Å². The first-order chi connectivity index (χ1) is 12.6. The molecule has 2 nitrogen and oxygen atoms in total. The molecule has 0 fully saturated rings. The fourth-order valence-electron chi connectivity index (χ4n) is 3.57. The van der Waals surface area contributed by atoms with Gasteiger partial charge >= 0.3 is 0 Å². The average molecular weight is 361 g/mol. The van der Waals surface area contributed by atoms with E-state index in [1.807, 2.05) is 18.2 Å². The highest BCUT2D eigenvalue weighted by molar-refractivity contribution is 6.30. The molecule has 0 saturated carbocycles. The highest BCUT2D eigenvalue weighted by atomic mass is 35.5. The maximum absolute atomic E-state index is 6.09. The molecule has 0 amide bonds. The number of benzene rings is 3. The van der Waals surface area contributed by atoms with Gasteiger partial charge in [0.15, 0.2) is 0 Å². The zero-order chi connectivity index (χ0) is 18.1. The second-order valence-corrected chi connectivity index (χ2v) is 7.25. The number of para-hydroxylation sites is 1. The van der Waals surface area contributed by atoms with Crippen molar-refractivity contribution in [3.8, 4) is 0 Å². The van der Waals surface area contributed by atoms with Crippen LogP contribution in [0.3, 0.4) is 0 Å². The smallest absolute Gasteiger partial charge is 0.0831 e. The largest absolute Gasteiger partial charge is 0.257 e. The van der Waals surface area contributed by atoms with Crippen LogP contribution in [0, 0.1) is 13.8 Å². The van der Waals surface area contributed by atoms with E-state index in [1.54, 1.807) is 0 Å². The quantitative estimate of drug-likeness (QED) is 0.534. The zero-order valence-electron chi connectivity index (χ0n) is 15.0. The molecule has 0 N–H and O–H groups in total. The van der Waals surface area contributed by atoms with E-state index in [-0.39, 0.29) is 6.04 Å². The Labute approximate surface area is 159 Å². The predicted molar refractivity (Wildman–Crippen MR) is 110 cm³/mol. The van der Waals surface area contributed by atoms with Crippen LogP contribution in [0.15, 0.2) is 77.9 Å². The lowest BCUT2D eigenvalue weighted by atomic mass is 9.95. The molecule has 26 heavy (non-hydrogen) atoms. The third-order valence-electron chi connectivity index (χ3n) is 4.88. The minimum absolute atomic E-state index is 0.172. The number of hydrogen-bond donors (Lipinski definition) is 0. The molecule has 3 heteroatoms. The van der Waals surface area contributed by atoms with Crippen LogP contribution in [-0.2, 0) is 0 Å². The molecule has 0 bridgehead atoms. The molecule has 1 aliphatic rings. The normalized spacial score (nSPS) is 16.7. The van der Waals surface area contributed by atoms with Gasteiger partial charge in [-0.1, -0.05) is 65.7 Å². The number of rotatable bonds is 3. The summed E-state index contributed by atoms with van der Waals surface area (Å²) in [7, 11) is 0. The van der Waals surface area contributed by atoms with Crippen molar-refractivity contribution in [2.24, 2.45) is 5.10 Å². The highest BCUT2D eigenvalue weighted by Crippen LogP contribution is 2.37. The number of hydrazone groups is 1. The SMILES string of the molecule is Cc1ccc(C2=NN(c3ccccc3)[C@@H](c3ccc(Cl)cc3)C2)c(C)c1. The molecular formula is C23H21ClN2. The maximum Gasteiger partial charge on any atom is 0.0831 e. The maximum atomic E-state index is 6.09. The van der Waals surface area contributed by atoms with Gasteiger partial charge in [0.2, 0.25) is 0 Å². The summed E-state index contributed by atoms with van der Waals surface area (Å²) in [5, 5.41) is 7.91. The molecular weight excluding hydrogens is 340 g/mol. The van der Waals surface area contributed by atoms with Gasteiger partial charge in [-0.2, -0.15) is 5.10 Å². The summed E-state index contributed by atoms with van der Waals surface area (Å²) in [5.74, 6) is 0. The van der Waals surface area contributed by atoms with Crippen molar-refractivity contribution in [2.75, 3.05) is 5.01 Å². The van der Waals surface area contributed by atoms with Crippen molar-refractivity contribution < 1.29 is 0 Å². The van der Waals surface area contributed by atoms with Gasteiger partial charge in [-0.3, -0.25) is 5.01 Å². The Morgan fingerprint density at radius 3 is 2.35 bits per heavy atom. The molecule has 0 aromatic heterocycles. The van der Waals surface area contributed by atoms with Gasteiger partial charge in [0.05, 0.1) is 17.4 Å². The fourth-order valence-corrected chi connectivity index (χ4v) is 3.70. The summed E-state index contributed by atoms with van der Waals surface area (Å²) in [5.41, 5.74) is 7.24. The van der Waals surface area contributed by atoms with Gasteiger partial charge in [-0.25, -0.2) is 0 Å². The van der Waals surface area contributed by atoms with Gasteiger partial charge in [0.1, 0.15) is 0 Å². The van der Waals surface area contributed by atoms with E-state index in [0.29, 0.717) is 0 Å². The van der Waals surface area contributed by atoms with Crippen molar-refractivity contribution in [1.82, 2.24) is 0 Å². The zero-order valence-corrected chi connectivity index (χ0v) is 15.7. The Balaban J connectivity index is 1.76. The monoisotopic (exact) mass is 360 g/mol. The molecule has 3 aromatic rings. The van der Waals surface area contributed by atoms with Gasteiger partial charge < -0.3 is 0 Å². The third kappa shape index (κ3) is 3.25. The lowest BCUT2D eigenvalue weighted by Gasteiger charge is -2.24. The Morgan fingerprint density at radius 1 is 0.923 bits per heavy atom. The molecule has 0 radical (unpaired) electrons. The van der Waals surface area contributed by atoms with E-state index in [9.17, 15) is 0 Å². The molecule has 0 spiro atoms. The van der Waals surface area contributed by atoms with E-state index in [4.69, 9.17) is 16.7 Å². The van der Waals surface area contributed by atoms with E-state index in [1.165, 1.54) is 22.3 Å². The molecule has 0 saturated heterocycles. The van der Waals surface area contributed by atoms with E-state index in [0.717, 1.165) is 22.8 Å². The number of halogens is 1. The first-order valence-corrected chi connectivity index (χ1v) is 9.24. The van der Waals surface area contributed by atoms with E-state index >= 15 is 0 Å². The van der Waals surface area contributed by atoms with Crippen molar-refractivity contribution in [3.63, 3.8) is 0 Å². The van der Waals surface area contributed by atoms with Crippen molar-refractivity contribution in [2.45, 2.75) is 26.3 Å². The lowest BCUT2D eigenvalue weighted by Crippen LogP contribution is -2.18. The number of anilines is 1. The minimum atomic E-state index is 0.172. The molecule has 1 aliphatic heterocycles. The summed E-state index contributed by atoms with van der Waals surface area (Å²) < 4.78 is 0. The van der Waals surface area contributed by atoms with Gasteiger partial charge in [0, 0.05) is 17.0 Å². The molecule has 0 aliphatic carbocycles. The number of hydrogen-bond acceptors (Lipinski definition) is 2. The van der Waals surface area contributed by atoms with Crippen LogP contribution in [0.5, 0.6) is 0 Å². The Kier molecular flexibility index (Phi) is 4.52. The summed E-state index contributed by atoms with van der Waals surface area (Å²) >= 11 is 6.09. The minimum Gasteiger partial charge on any atom is -0.257 e. The summed E-state index contributed by atoms with van der Waals surface area (Å²) in [6, 6.07) is 25.2. The first-order valence-electron chi connectivity index (χ1n) is 8.86. The molecule has 1 heterocycles. The summed E-state index contributed by atoms with van der Waals surface area (Å²) in [6.07, 6.45) is 0.875. The Morgan fingerprint density at radius 2 is 1.65 bits per heavy atom. The summed E-state index contributed by atoms with van der Waals surface area (Å²) in [4.78, 5) is 0. The second-order valence-electron chi connectivity index (χ2n) is 6.82. The lowest BCUT2D eigenvalue weighted by molar-refractivity contribution is 0.709. The molecule has 3 aromatic carbocycles. The van der Waals surface area contributed by atoms with E-state index < -0.39 is 0 Å². The third-order valence-corrected chi connectivity index (χ3v) is 5.13. The number of aryl methyl sites for hydroxylation is 2. The van der Waals surface area contributed by atoms with Crippen molar-refractivity contribution in [1.29, 1.82) is 0 Å². The standard InChI is InChI=1S/C23H21ClN2/c1-16-8-13-21(17(2)14-16)22-15-23(18-9-11-19(24)12-10-18)26(25-22)20-6-4-3-5-7-20/h3-14,23H,15H2,1-2H3/t23-/m1/s1. The average Bonchev–Trinajstić information content (AvgIpc) is 3.08. The van der Waals surface area contributed by atoms with Crippen LogP contribution in [0.1, 0.15) is 34.7 Å². The van der Waals surface area contributed by atoms with Crippen LogP contribution >= 0.6 is 11.6 Å². The molecule has 4 rings (SSSR count). The van der Waals surface area contributed by atoms with Crippen LogP contribution in [0.2, 0.25) is 5.02 Å². The topological polar surface area (TPSA) is 15.6 Å². The van der Waals surface area contributed by atoms with Gasteiger partial charge in [-0.05, 0) is 49.2 Å². The molecule has 0 unspecified atom stereocenters. The highest BCUT2D eigenvalue weighted by Gasteiger charge is 2.30. The number of nitrogens with zero attached hydrogens (tertiary/aromatic N) is 2. The van der Waals surface area contributed by atoms with Crippen LogP contribution in [0.25, 0.3) is 0 Å². The Bertz CT molecular complexity index is 946. The summed E-state index contributed by atoms with van der Waals surface area (Å²) in [6.45, 7) is 4.29. The van der Waals surface area contributed by atoms with Gasteiger partial charge in [-0.15, -0.1) is 0 Å². The van der Waals surface area contributed by atoms with Crippen molar-refractivity contribution in [3.05, 3.63) is 100 Å². The molecule has 130 valence electrons. The predicted octanol–water partition coefficient (Wildman–Crippen LogP) is 6.31. The van der Waals surface area contributed by atoms with E-state index in [2.05, 4.69) is 73.5 Å². The van der Waals surface area contributed by atoms with Crippen LogP contribution < -0.4 is 5.01 Å². The van der Waals surface area contributed by atoms with Crippen LogP contribution in [-0.4, -0.2) is 5.71 Å². The fraction of sp³-hybridized carbons (Fsp3) is 0.174. The second kappa shape index (κ2) is 6.97.